The first-order valence-corrected chi connectivity index (χ1v) is 8.84. The Balaban J connectivity index is 0.000000195. The summed E-state index contributed by atoms with van der Waals surface area (Å²) in [6.45, 7) is 3.35. The van der Waals surface area contributed by atoms with Gasteiger partial charge < -0.3 is 15.0 Å². The third-order valence-electron chi connectivity index (χ3n) is 4.37. The molecule has 1 fully saturated rings. The maximum absolute atomic E-state index is 12.7. The molecule has 0 radical (unpaired) electrons. The number of pyridine rings is 1. The van der Waals surface area contributed by atoms with Crippen LogP contribution in [0.3, 0.4) is 0 Å². The number of hydrogen-bond donors (Lipinski definition) is 1. The quantitative estimate of drug-likeness (QED) is 0.805. The number of carbonyl (C=O) groups excluding carboxylic acids is 1. The van der Waals surface area contributed by atoms with Gasteiger partial charge in [0.05, 0.1) is 12.2 Å². The maximum Gasteiger partial charge on any atom is 0.250 e. The highest BCUT2D eigenvalue weighted by molar-refractivity contribution is 5.92. The van der Waals surface area contributed by atoms with Crippen LogP contribution in [0, 0.1) is 5.82 Å². The summed E-state index contributed by atoms with van der Waals surface area (Å²) in [5.74, 6) is 0.000241. The molecule has 140 valence electrons. The molecule has 0 unspecified atom stereocenters. The SMILES string of the molecule is CCOCCn1cc(C(N)=O)ccc1=O.Fc1cccc(C2CCC2)c1. The van der Waals surface area contributed by atoms with Gasteiger partial charge in [-0.05, 0) is 49.4 Å². The summed E-state index contributed by atoms with van der Waals surface area (Å²) in [6, 6.07) is 9.72. The number of amides is 1. The van der Waals surface area contributed by atoms with Gasteiger partial charge in [0.2, 0.25) is 5.91 Å². The number of ether oxygens (including phenoxy) is 1. The lowest BCUT2D eigenvalue weighted by molar-refractivity contribution is 0.0998. The summed E-state index contributed by atoms with van der Waals surface area (Å²) < 4.78 is 19.2. The van der Waals surface area contributed by atoms with E-state index in [4.69, 9.17) is 10.5 Å². The van der Waals surface area contributed by atoms with Crippen LogP contribution in [0.15, 0.2) is 47.4 Å². The van der Waals surface area contributed by atoms with Gasteiger partial charge in [0.15, 0.2) is 0 Å². The van der Waals surface area contributed by atoms with Crippen LogP contribution >= 0.6 is 0 Å². The van der Waals surface area contributed by atoms with E-state index in [2.05, 4.69) is 0 Å². The predicted molar refractivity (Wildman–Crippen MR) is 98.7 cm³/mol. The molecule has 1 aromatic heterocycles. The van der Waals surface area contributed by atoms with Gasteiger partial charge in [-0.25, -0.2) is 4.39 Å². The number of aromatic nitrogens is 1. The normalized spacial score (nSPS) is 13.5. The van der Waals surface area contributed by atoms with E-state index in [1.807, 2.05) is 13.0 Å². The monoisotopic (exact) mass is 360 g/mol. The van der Waals surface area contributed by atoms with Crippen LogP contribution in [0.5, 0.6) is 0 Å². The topological polar surface area (TPSA) is 74.3 Å². The average molecular weight is 360 g/mol. The van der Waals surface area contributed by atoms with Crippen LogP contribution < -0.4 is 11.3 Å². The van der Waals surface area contributed by atoms with Crippen molar-refractivity contribution < 1.29 is 13.9 Å². The van der Waals surface area contributed by atoms with Crippen LogP contribution in [-0.4, -0.2) is 23.7 Å². The largest absolute Gasteiger partial charge is 0.380 e. The molecule has 2 aromatic rings. The molecule has 0 spiro atoms. The van der Waals surface area contributed by atoms with Gasteiger partial charge in [0.25, 0.3) is 5.56 Å². The van der Waals surface area contributed by atoms with E-state index >= 15 is 0 Å². The van der Waals surface area contributed by atoms with Crippen LogP contribution in [0.25, 0.3) is 0 Å². The first kappa shape index (κ1) is 19.8. The summed E-state index contributed by atoms with van der Waals surface area (Å²) in [6.07, 6.45) is 5.23. The molecule has 1 amide bonds. The van der Waals surface area contributed by atoms with Gasteiger partial charge in [-0.1, -0.05) is 18.6 Å². The molecular weight excluding hydrogens is 335 g/mol. The molecule has 5 nitrogen and oxygen atoms in total. The van der Waals surface area contributed by atoms with Gasteiger partial charge in [-0.2, -0.15) is 0 Å². The Morgan fingerprint density at radius 3 is 2.65 bits per heavy atom. The smallest absolute Gasteiger partial charge is 0.250 e. The van der Waals surface area contributed by atoms with Crippen molar-refractivity contribution in [3.63, 3.8) is 0 Å². The zero-order valence-electron chi connectivity index (χ0n) is 15.0. The zero-order valence-corrected chi connectivity index (χ0v) is 15.0. The molecule has 3 rings (SSSR count). The molecule has 1 aliphatic rings. The minimum Gasteiger partial charge on any atom is -0.380 e. The Hall–Kier alpha value is -2.47. The number of nitrogens with two attached hydrogens (primary N) is 1. The average Bonchev–Trinajstić information content (AvgIpc) is 2.56. The third-order valence-corrected chi connectivity index (χ3v) is 4.37. The molecule has 2 N–H and O–H groups in total. The molecule has 1 aromatic carbocycles. The number of primary amides is 1. The highest BCUT2D eigenvalue weighted by atomic mass is 19.1. The lowest BCUT2D eigenvalue weighted by Gasteiger charge is -2.25. The number of carbonyl (C=O) groups is 1. The molecular formula is C20H25FN2O3. The molecule has 0 atom stereocenters. The highest BCUT2D eigenvalue weighted by Gasteiger charge is 2.19. The van der Waals surface area contributed by atoms with Crippen molar-refractivity contribution in [3.05, 3.63) is 69.9 Å². The highest BCUT2D eigenvalue weighted by Crippen LogP contribution is 2.36. The third kappa shape index (κ3) is 5.81. The molecule has 1 aliphatic carbocycles. The van der Waals surface area contributed by atoms with E-state index in [0.29, 0.717) is 31.2 Å². The minimum absolute atomic E-state index is 0.102. The predicted octanol–water partition coefficient (Wildman–Crippen LogP) is 3.08. The Labute approximate surface area is 152 Å². The number of halogens is 1. The van der Waals surface area contributed by atoms with Crippen molar-refractivity contribution in [2.24, 2.45) is 5.73 Å². The molecule has 26 heavy (non-hydrogen) atoms. The minimum atomic E-state index is -0.542. The zero-order chi connectivity index (χ0) is 18.9. The van der Waals surface area contributed by atoms with Gasteiger partial charge in [-0.3, -0.25) is 9.59 Å². The lowest BCUT2D eigenvalue weighted by Crippen LogP contribution is -2.24. The fourth-order valence-corrected chi connectivity index (χ4v) is 2.66. The van der Waals surface area contributed by atoms with Gasteiger partial charge in [0, 0.05) is 25.4 Å². The van der Waals surface area contributed by atoms with E-state index < -0.39 is 5.91 Å². The van der Waals surface area contributed by atoms with E-state index in [-0.39, 0.29) is 11.4 Å². The molecule has 0 saturated heterocycles. The Morgan fingerprint density at radius 2 is 2.08 bits per heavy atom. The molecule has 6 heteroatoms. The summed E-state index contributed by atoms with van der Waals surface area (Å²) in [7, 11) is 0. The van der Waals surface area contributed by atoms with E-state index in [1.54, 1.807) is 12.1 Å². The van der Waals surface area contributed by atoms with Crippen molar-refractivity contribution in [2.75, 3.05) is 13.2 Å². The van der Waals surface area contributed by atoms with Crippen molar-refractivity contribution in [1.29, 1.82) is 0 Å². The van der Waals surface area contributed by atoms with E-state index in [0.717, 1.165) is 0 Å². The fourth-order valence-electron chi connectivity index (χ4n) is 2.66. The summed E-state index contributed by atoms with van der Waals surface area (Å²) in [5.41, 5.74) is 6.44. The Bertz CT molecular complexity index is 785. The number of rotatable bonds is 6. The number of benzene rings is 1. The standard InChI is InChI=1S/C10H11F.C10H14N2O3/c11-10-6-2-5-9(7-10)8-3-1-4-8;1-2-15-6-5-12-7-8(10(11)14)3-4-9(12)13/h2,5-8H,1,3-4H2;3-4,7H,2,5-6H2,1H3,(H2,11,14). The van der Waals surface area contributed by atoms with E-state index in [9.17, 15) is 14.0 Å². The van der Waals surface area contributed by atoms with Crippen LogP contribution in [0.2, 0.25) is 0 Å². The van der Waals surface area contributed by atoms with Crippen molar-refractivity contribution in [2.45, 2.75) is 38.6 Å². The molecule has 1 heterocycles. The first-order valence-electron chi connectivity index (χ1n) is 8.84. The maximum atomic E-state index is 12.7. The van der Waals surface area contributed by atoms with Gasteiger partial charge in [0.1, 0.15) is 5.82 Å². The van der Waals surface area contributed by atoms with Crippen LogP contribution in [0.1, 0.15) is 48.0 Å². The second-order valence-corrected chi connectivity index (χ2v) is 6.19. The first-order chi connectivity index (χ1) is 12.5. The summed E-state index contributed by atoms with van der Waals surface area (Å²) >= 11 is 0. The summed E-state index contributed by atoms with van der Waals surface area (Å²) in [4.78, 5) is 22.2. The molecule has 1 saturated carbocycles. The number of hydrogen-bond acceptors (Lipinski definition) is 3. The molecule has 0 aliphatic heterocycles. The van der Waals surface area contributed by atoms with Crippen LogP contribution in [0.4, 0.5) is 4.39 Å². The lowest BCUT2D eigenvalue weighted by atomic mass is 9.80. The Morgan fingerprint density at radius 1 is 1.31 bits per heavy atom. The Kier molecular flexibility index (Phi) is 7.53. The van der Waals surface area contributed by atoms with Gasteiger partial charge in [-0.15, -0.1) is 0 Å². The van der Waals surface area contributed by atoms with Gasteiger partial charge >= 0.3 is 0 Å². The van der Waals surface area contributed by atoms with Crippen molar-refractivity contribution >= 4 is 5.91 Å². The second-order valence-electron chi connectivity index (χ2n) is 6.19. The second kappa shape index (κ2) is 9.87. The van der Waals surface area contributed by atoms with E-state index in [1.165, 1.54) is 53.8 Å². The fraction of sp³-hybridized carbons (Fsp3) is 0.400. The number of nitrogens with zero attached hydrogens (tertiary/aromatic N) is 1. The van der Waals surface area contributed by atoms with Crippen molar-refractivity contribution in [1.82, 2.24) is 4.57 Å². The van der Waals surface area contributed by atoms with Crippen LogP contribution in [-0.2, 0) is 11.3 Å². The molecule has 0 bridgehead atoms. The summed E-state index contributed by atoms with van der Waals surface area (Å²) in [5, 5.41) is 0. The van der Waals surface area contributed by atoms with Crippen molar-refractivity contribution in [3.8, 4) is 0 Å².